The summed E-state index contributed by atoms with van der Waals surface area (Å²) in [5.74, 6) is -0.210. The second-order valence-electron chi connectivity index (χ2n) is 5.78. The fourth-order valence-corrected chi connectivity index (χ4v) is 2.40. The molecule has 4 heteroatoms. The average Bonchev–Trinajstić information content (AvgIpc) is 2.14. The summed E-state index contributed by atoms with van der Waals surface area (Å²) in [6, 6.07) is 5.09. The normalized spacial score (nSPS) is 12.9. The smallest absolute Gasteiger partial charge is 0.192 e. The van der Waals surface area contributed by atoms with Crippen LogP contribution in [0.2, 0.25) is 18.1 Å². The van der Waals surface area contributed by atoms with Gasteiger partial charge in [0.25, 0.3) is 0 Å². The zero-order valence-corrected chi connectivity index (χ0v) is 13.7. The second-order valence-corrected chi connectivity index (χ2v) is 11.5. The molecule has 0 atom stereocenters. The van der Waals surface area contributed by atoms with Crippen molar-refractivity contribution in [1.82, 2.24) is 0 Å². The van der Waals surface area contributed by atoms with Crippen molar-refractivity contribution < 1.29 is 8.82 Å². The highest BCUT2D eigenvalue weighted by Gasteiger charge is 2.37. The van der Waals surface area contributed by atoms with Crippen molar-refractivity contribution in [2.45, 2.75) is 45.5 Å². The van der Waals surface area contributed by atoms with E-state index >= 15 is 0 Å². The Morgan fingerprint density at radius 2 is 1.88 bits per heavy atom. The summed E-state index contributed by atoms with van der Waals surface area (Å²) in [6.07, 6.45) is 0. The van der Waals surface area contributed by atoms with E-state index in [1.807, 2.05) is 6.07 Å². The van der Waals surface area contributed by atoms with E-state index in [0.717, 1.165) is 4.47 Å². The van der Waals surface area contributed by atoms with E-state index < -0.39 is 8.32 Å². The van der Waals surface area contributed by atoms with E-state index in [1.165, 1.54) is 6.07 Å². The van der Waals surface area contributed by atoms with Gasteiger partial charge in [-0.2, -0.15) is 0 Å². The molecule has 17 heavy (non-hydrogen) atoms. The van der Waals surface area contributed by atoms with Crippen LogP contribution in [0.25, 0.3) is 0 Å². The third-order valence-electron chi connectivity index (χ3n) is 3.41. The van der Waals surface area contributed by atoms with Gasteiger partial charge in [-0.1, -0.05) is 42.8 Å². The molecule has 0 radical (unpaired) electrons. The molecule has 1 aromatic rings. The van der Waals surface area contributed by atoms with Crippen molar-refractivity contribution in [3.63, 3.8) is 0 Å². The van der Waals surface area contributed by atoms with Crippen LogP contribution in [0.4, 0.5) is 4.39 Å². The topological polar surface area (TPSA) is 9.23 Å². The molecular formula is C13H20BrFOSi. The largest absolute Gasteiger partial charge is 0.412 e. The molecule has 0 spiro atoms. The van der Waals surface area contributed by atoms with E-state index in [4.69, 9.17) is 4.43 Å². The summed E-state index contributed by atoms with van der Waals surface area (Å²) >= 11 is 3.25. The monoisotopic (exact) mass is 318 g/mol. The van der Waals surface area contributed by atoms with E-state index in [-0.39, 0.29) is 10.9 Å². The van der Waals surface area contributed by atoms with Crippen molar-refractivity contribution in [3.05, 3.63) is 34.1 Å². The summed E-state index contributed by atoms with van der Waals surface area (Å²) in [6.45, 7) is 11.2. The molecule has 1 rings (SSSR count). The molecule has 1 aromatic carbocycles. The average molecular weight is 319 g/mol. The number of hydrogen-bond acceptors (Lipinski definition) is 1. The lowest BCUT2D eigenvalue weighted by atomic mass is 10.2. The number of benzene rings is 1. The van der Waals surface area contributed by atoms with Gasteiger partial charge in [-0.25, -0.2) is 4.39 Å². The van der Waals surface area contributed by atoms with Gasteiger partial charge in [0, 0.05) is 10.0 Å². The molecule has 1 nitrogen and oxygen atoms in total. The molecule has 0 heterocycles. The van der Waals surface area contributed by atoms with Crippen molar-refractivity contribution in [1.29, 1.82) is 0 Å². The van der Waals surface area contributed by atoms with Gasteiger partial charge in [0.2, 0.25) is 0 Å². The highest BCUT2D eigenvalue weighted by molar-refractivity contribution is 9.10. The van der Waals surface area contributed by atoms with E-state index in [0.29, 0.717) is 12.2 Å². The van der Waals surface area contributed by atoms with E-state index in [2.05, 4.69) is 49.8 Å². The lowest BCUT2D eigenvalue weighted by Crippen LogP contribution is -2.40. The Morgan fingerprint density at radius 3 is 2.35 bits per heavy atom. The summed E-state index contributed by atoms with van der Waals surface area (Å²) in [5, 5.41) is 0.152. The SMILES string of the molecule is CC(C)(C)[Si](C)(C)OCc1ccc(Br)cc1F. The molecule has 0 saturated heterocycles. The molecule has 0 fully saturated rings. The fourth-order valence-electron chi connectivity index (χ4n) is 1.11. The third kappa shape index (κ3) is 3.90. The van der Waals surface area contributed by atoms with Crippen LogP contribution < -0.4 is 0 Å². The highest BCUT2D eigenvalue weighted by atomic mass is 79.9. The molecule has 0 aliphatic carbocycles. The highest BCUT2D eigenvalue weighted by Crippen LogP contribution is 2.37. The summed E-state index contributed by atoms with van der Waals surface area (Å²) in [4.78, 5) is 0. The van der Waals surface area contributed by atoms with Crippen LogP contribution in [0.15, 0.2) is 22.7 Å². The van der Waals surface area contributed by atoms with Gasteiger partial charge in [0.05, 0.1) is 6.61 Å². The fraction of sp³-hybridized carbons (Fsp3) is 0.538. The quantitative estimate of drug-likeness (QED) is 0.704. The Kier molecular flexibility index (Phi) is 4.55. The van der Waals surface area contributed by atoms with Gasteiger partial charge in [0.15, 0.2) is 8.32 Å². The second kappa shape index (κ2) is 5.20. The van der Waals surface area contributed by atoms with Gasteiger partial charge >= 0.3 is 0 Å². The summed E-state index contributed by atoms with van der Waals surface area (Å²) in [7, 11) is -1.80. The van der Waals surface area contributed by atoms with Crippen molar-refractivity contribution in [2.75, 3.05) is 0 Å². The molecule has 0 bridgehead atoms. The minimum absolute atomic E-state index is 0.152. The maximum atomic E-state index is 13.6. The van der Waals surface area contributed by atoms with Crippen molar-refractivity contribution >= 4 is 24.2 Å². The third-order valence-corrected chi connectivity index (χ3v) is 8.38. The first-order valence-corrected chi connectivity index (χ1v) is 9.41. The number of hydrogen-bond donors (Lipinski definition) is 0. The predicted molar refractivity (Wildman–Crippen MR) is 76.1 cm³/mol. The van der Waals surface area contributed by atoms with E-state index in [9.17, 15) is 4.39 Å². The minimum atomic E-state index is -1.80. The molecular weight excluding hydrogens is 299 g/mol. The van der Waals surface area contributed by atoms with Crippen LogP contribution in [-0.2, 0) is 11.0 Å². The Hall–Kier alpha value is -0.193. The Balaban J connectivity index is 2.74. The molecule has 0 amide bonds. The standard InChI is InChI=1S/C13H20BrFOSi/c1-13(2,3)17(4,5)16-9-10-6-7-11(14)8-12(10)15/h6-8H,9H2,1-5H3. The zero-order valence-electron chi connectivity index (χ0n) is 11.1. The van der Waals surface area contributed by atoms with Gasteiger partial charge in [0.1, 0.15) is 5.82 Å². The molecule has 0 aliphatic rings. The van der Waals surface area contributed by atoms with Gasteiger partial charge < -0.3 is 4.43 Å². The minimum Gasteiger partial charge on any atom is -0.412 e. The van der Waals surface area contributed by atoms with E-state index in [1.54, 1.807) is 6.07 Å². The zero-order chi connectivity index (χ0) is 13.3. The maximum absolute atomic E-state index is 13.6. The lowest BCUT2D eigenvalue weighted by molar-refractivity contribution is 0.271. The summed E-state index contributed by atoms with van der Waals surface area (Å²) < 4.78 is 20.4. The van der Waals surface area contributed by atoms with Crippen LogP contribution in [-0.4, -0.2) is 8.32 Å². The Morgan fingerprint density at radius 1 is 1.29 bits per heavy atom. The Bertz CT molecular complexity index is 399. The maximum Gasteiger partial charge on any atom is 0.192 e. The van der Waals surface area contributed by atoms with Gasteiger partial charge in [-0.05, 0) is 30.3 Å². The Labute approximate surface area is 113 Å². The first-order valence-electron chi connectivity index (χ1n) is 5.71. The summed E-state index contributed by atoms with van der Waals surface area (Å²) in [5.41, 5.74) is 0.623. The first-order chi connectivity index (χ1) is 7.63. The van der Waals surface area contributed by atoms with Gasteiger partial charge in [-0.3, -0.25) is 0 Å². The molecule has 96 valence electrons. The molecule has 0 unspecified atom stereocenters. The van der Waals surface area contributed by atoms with Crippen LogP contribution >= 0.6 is 15.9 Å². The predicted octanol–water partition coefficient (Wildman–Crippen LogP) is 5.11. The van der Waals surface area contributed by atoms with Crippen LogP contribution in [0.5, 0.6) is 0 Å². The van der Waals surface area contributed by atoms with Crippen molar-refractivity contribution in [2.24, 2.45) is 0 Å². The first kappa shape index (κ1) is 14.9. The lowest BCUT2D eigenvalue weighted by Gasteiger charge is -2.36. The van der Waals surface area contributed by atoms with Crippen LogP contribution in [0.3, 0.4) is 0 Å². The number of rotatable bonds is 3. The molecule has 0 aliphatic heterocycles. The van der Waals surface area contributed by atoms with Gasteiger partial charge in [-0.15, -0.1) is 0 Å². The van der Waals surface area contributed by atoms with Crippen LogP contribution in [0, 0.1) is 5.82 Å². The number of halogens is 2. The molecule has 0 aromatic heterocycles. The molecule has 0 N–H and O–H groups in total. The van der Waals surface area contributed by atoms with Crippen LogP contribution in [0.1, 0.15) is 26.3 Å². The molecule has 0 saturated carbocycles. The van der Waals surface area contributed by atoms with Crippen molar-refractivity contribution in [3.8, 4) is 0 Å².